The van der Waals surface area contributed by atoms with Crippen LogP contribution in [0.3, 0.4) is 0 Å². The molecule has 2 atom stereocenters. The fraction of sp³-hybridized carbons (Fsp3) is 0.900. The SMILES string of the molecule is CCCN(CCC)C(=O)C1CC1N. The van der Waals surface area contributed by atoms with Gasteiger partial charge in [-0.1, -0.05) is 13.8 Å². The first-order valence-corrected chi connectivity index (χ1v) is 5.25. The van der Waals surface area contributed by atoms with Gasteiger partial charge < -0.3 is 10.6 Å². The van der Waals surface area contributed by atoms with Gasteiger partial charge in [-0.15, -0.1) is 0 Å². The summed E-state index contributed by atoms with van der Waals surface area (Å²) in [5.74, 6) is 0.411. The zero-order valence-corrected chi connectivity index (χ0v) is 8.62. The molecule has 0 bridgehead atoms. The smallest absolute Gasteiger partial charge is 0.227 e. The van der Waals surface area contributed by atoms with Crippen molar-refractivity contribution in [2.24, 2.45) is 11.7 Å². The summed E-state index contributed by atoms with van der Waals surface area (Å²) >= 11 is 0. The van der Waals surface area contributed by atoms with E-state index in [-0.39, 0.29) is 17.9 Å². The van der Waals surface area contributed by atoms with E-state index in [1.54, 1.807) is 0 Å². The van der Waals surface area contributed by atoms with E-state index in [9.17, 15) is 4.79 Å². The van der Waals surface area contributed by atoms with E-state index < -0.39 is 0 Å². The Morgan fingerprint density at radius 2 is 1.85 bits per heavy atom. The number of rotatable bonds is 5. The van der Waals surface area contributed by atoms with Gasteiger partial charge in [0.2, 0.25) is 5.91 Å². The first-order valence-electron chi connectivity index (χ1n) is 5.25. The van der Waals surface area contributed by atoms with Crippen molar-refractivity contribution in [2.45, 2.75) is 39.2 Å². The Labute approximate surface area is 80.3 Å². The molecule has 0 saturated heterocycles. The zero-order chi connectivity index (χ0) is 9.84. The quantitative estimate of drug-likeness (QED) is 0.692. The number of carbonyl (C=O) groups excluding carboxylic acids is 1. The van der Waals surface area contributed by atoms with Crippen LogP contribution in [0.2, 0.25) is 0 Å². The molecule has 3 nitrogen and oxygen atoms in total. The van der Waals surface area contributed by atoms with Gasteiger partial charge in [0.25, 0.3) is 0 Å². The van der Waals surface area contributed by atoms with Gasteiger partial charge in [-0.3, -0.25) is 4.79 Å². The van der Waals surface area contributed by atoms with E-state index >= 15 is 0 Å². The highest BCUT2D eigenvalue weighted by Crippen LogP contribution is 2.29. The Balaban J connectivity index is 2.38. The summed E-state index contributed by atoms with van der Waals surface area (Å²) < 4.78 is 0. The third-order valence-corrected chi connectivity index (χ3v) is 2.46. The van der Waals surface area contributed by atoms with Crippen molar-refractivity contribution in [2.75, 3.05) is 13.1 Å². The van der Waals surface area contributed by atoms with Gasteiger partial charge in [0.05, 0.1) is 5.92 Å². The molecule has 1 fully saturated rings. The molecule has 0 radical (unpaired) electrons. The molecule has 3 heteroatoms. The third-order valence-electron chi connectivity index (χ3n) is 2.46. The standard InChI is InChI=1S/C10H20N2O/c1-3-5-12(6-4-2)10(13)8-7-9(8)11/h8-9H,3-7,11H2,1-2H3. The van der Waals surface area contributed by atoms with Crippen molar-refractivity contribution in [3.05, 3.63) is 0 Å². The number of amides is 1. The van der Waals surface area contributed by atoms with Crippen LogP contribution in [0.4, 0.5) is 0 Å². The molecular formula is C10H20N2O. The van der Waals surface area contributed by atoms with Gasteiger partial charge in [-0.05, 0) is 19.3 Å². The molecule has 2 N–H and O–H groups in total. The summed E-state index contributed by atoms with van der Waals surface area (Å²) in [6.45, 7) is 5.97. The maximum atomic E-state index is 11.7. The van der Waals surface area contributed by atoms with Crippen LogP contribution in [-0.4, -0.2) is 29.9 Å². The molecule has 0 aliphatic heterocycles. The summed E-state index contributed by atoms with van der Waals surface area (Å²) in [7, 11) is 0. The molecule has 1 aliphatic rings. The largest absolute Gasteiger partial charge is 0.342 e. The average Bonchev–Trinajstić information content (AvgIpc) is 2.81. The Morgan fingerprint density at radius 1 is 1.38 bits per heavy atom. The summed E-state index contributed by atoms with van der Waals surface area (Å²) in [5.41, 5.74) is 5.65. The fourth-order valence-electron chi connectivity index (χ4n) is 1.61. The Hall–Kier alpha value is -0.570. The van der Waals surface area contributed by atoms with Crippen molar-refractivity contribution < 1.29 is 4.79 Å². The van der Waals surface area contributed by atoms with Gasteiger partial charge >= 0.3 is 0 Å². The van der Waals surface area contributed by atoms with Gasteiger partial charge in [-0.2, -0.15) is 0 Å². The van der Waals surface area contributed by atoms with Gasteiger partial charge in [-0.25, -0.2) is 0 Å². The van der Waals surface area contributed by atoms with E-state index in [0.717, 1.165) is 32.4 Å². The van der Waals surface area contributed by atoms with Crippen LogP contribution in [-0.2, 0) is 4.79 Å². The molecule has 0 heterocycles. The lowest BCUT2D eigenvalue weighted by atomic mass is 10.3. The Bertz CT molecular complexity index is 176. The van der Waals surface area contributed by atoms with Crippen molar-refractivity contribution in [1.29, 1.82) is 0 Å². The number of hydrogen-bond donors (Lipinski definition) is 1. The van der Waals surface area contributed by atoms with Crippen LogP contribution in [0.1, 0.15) is 33.1 Å². The number of hydrogen-bond acceptors (Lipinski definition) is 2. The van der Waals surface area contributed by atoms with E-state index in [4.69, 9.17) is 5.73 Å². The van der Waals surface area contributed by atoms with Crippen molar-refractivity contribution >= 4 is 5.91 Å². The molecule has 1 amide bonds. The number of nitrogens with two attached hydrogens (primary N) is 1. The highest BCUT2D eigenvalue weighted by atomic mass is 16.2. The second kappa shape index (κ2) is 4.61. The summed E-state index contributed by atoms with van der Waals surface area (Å²) in [6.07, 6.45) is 2.96. The molecule has 1 rings (SSSR count). The minimum Gasteiger partial charge on any atom is -0.342 e. The van der Waals surface area contributed by atoms with Crippen LogP contribution in [0.15, 0.2) is 0 Å². The summed E-state index contributed by atoms with van der Waals surface area (Å²) in [5, 5.41) is 0. The third kappa shape index (κ3) is 2.69. The van der Waals surface area contributed by atoms with E-state index in [2.05, 4.69) is 13.8 Å². The lowest BCUT2D eigenvalue weighted by Crippen LogP contribution is -2.35. The van der Waals surface area contributed by atoms with Gasteiger partial charge in [0.1, 0.15) is 0 Å². The van der Waals surface area contributed by atoms with E-state index in [0.29, 0.717) is 0 Å². The van der Waals surface area contributed by atoms with Gasteiger partial charge in [0.15, 0.2) is 0 Å². The first-order chi connectivity index (χ1) is 6.20. The van der Waals surface area contributed by atoms with Gasteiger partial charge in [0, 0.05) is 19.1 Å². The molecule has 13 heavy (non-hydrogen) atoms. The first kappa shape index (κ1) is 10.5. The highest BCUT2D eigenvalue weighted by molar-refractivity contribution is 5.82. The predicted octanol–water partition coefficient (Wildman–Crippen LogP) is 0.982. The maximum Gasteiger partial charge on any atom is 0.227 e. The lowest BCUT2D eigenvalue weighted by Gasteiger charge is -2.21. The van der Waals surface area contributed by atoms with Crippen molar-refractivity contribution in [3.63, 3.8) is 0 Å². The van der Waals surface area contributed by atoms with Crippen molar-refractivity contribution in [3.8, 4) is 0 Å². The van der Waals surface area contributed by atoms with Crippen LogP contribution in [0.25, 0.3) is 0 Å². The maximum absolute atomic E-state index is 11.7. The molecular weight excluding hydrogens is 164 g/mol. The second-order valence-corrected chi connectivity index (χ2v) is 3.83. The van der Waals surface area contributed by atoms with E-state index in [1.807, 2.05) is 4.90 Å². The molecule has 0 spiro atoms. The normalized spacial score (nSPS) is 25.8. The highest BCUT2D eigenvalue weighted by Gasteiger charge is 2.41. The van der Waals surface area contributed by atoms with Crippen LogP contribution in [0, 0.1) is 5.92 Å². The molecule has 0 aromatic heterocycles. The summed E-state index contributed by atoms with van der Waals surface area (Å²) in [4.78, 5) is 13.7. The lowest BCUT2D eigenvalue weighted by molar-refractivity contribution is -0.132. The predicted molar refractivity (Wildman–Crippen MR) is 53.2 cm³/mol. The Kier molecular flexibility index (Phi) is 3.72. The Morgan fingerprint density at radius 3 is 2.15 bits per heavy atom. The minimum absolute atomic E-state index is 0.137. The van der Waals surface area contributed by atoms with Crippen LogP contribution in [0.5, 0.6) is 0 Å². The molecule has 2 unspecified atom stereocenters. The fourth-order valence-corrected chi connectivity index (χ4v) is 1.61. The molecule has 0 aromatic carbocycles. The number of nitrogens with zero attached hydrogens (tertiary/aromatic N) is 1. The second-order valence-electron chi connectivity index (χ2n) is 3.83. The van der Waals surface area contributed by atoms with Crippen LogP contribution < -0.4 is 5.73 Å². The molecule has 76 valence electrons. The van der Waals surface area contributed by atoms with E-state index in [1.165, 1.54) is 0 Å². The zero-order valence-electron chi connectivity index (χ0n) is 8.62. The van der Waals surface area contributed by atoms with Crippen LogP contribution >= 0.6 is 0 Å². The molecule has 1 saturated carbocycles. The average molecular weight is 184 g/mol. The monoisotopic (exact) mass is 184 g/mol. The van der Waals surface area contributed by atoms with Crippen molar-refractivity contribution in [1.82, 2.24) is 4.90 Å². The summed E-state index contributed by atoms with van der Waals surface area (Å²) in [6, 6.07) is 0.142. The molecule has 1 aliphatic carbocycles. The molecule has 0 aromatic rings. The minimum atomic E-state index is 0.137. The number of carbonyl (C=O) groups is 1. The topological polar surface area (TPSA) is 46.3 Å².